The van der Waals surface area contributed by atoms with Crippen LogP contribution >= 0.6 is 0 Å². The van der Waals surface area contributed by atoms with E-state index in [1.807, 2.05) is 12.4 Å². The maximum absolute atomic E-state index is 13.0. The molecular formula is C18H21FN2O. The Bertz CT molecular complexity index is 619. The van der Waals surface area contributed by atoms with Crippen molar-refractivity contribution in [1.82, 2.24) is 9.88 Å². The van der Waals surface area contributed by atoms with Crippen LogP contribution in [0.5, 0.6) is 0 Å². The van der Waals surface area contributed by atoms with E-state index in [4.69, 9.17) is 4.74 Å². The first-order chi connectivity index (χ1) is 10.6. The first kappa shape index (κ1) is 15.1. The molecule has 2 heterocycles. The number of halogens is 1. The van der Waals surface area contributed by atoms with Gasteiger partial charge in [0.1, 0.15) is 5.82 Å². The monoisotopic (exact) mass is 300 g/mol. The van der Waals surface area contributed by atoms with Crippen LogP contribution in [0, 0.1) is 5.82 Å². The summed E-state index contributed by atoms with van der Waals surface area (Å²) in [6.45, 7) is 6.95. The Labute approximate surface area is 130 Å². The molecule has 3 nitrogen and oxygen atoms in total. The lowest BCUT2D eigenvalue weighted by atomic mass is 10.1. The molecule has 2 unspecified atom stereocenters. The zero-order valence-corrected chi connectivity index (χ0v) is 13.0. The standard InChI is InChI=1S/C18H21FN2O/c1-13-10-21(11-14(2)22-13)12-15-7-17(9-20-8-15)16-3-5-18(19)6-4-16/h3-9,13-14H,10-12H2,1-2H3. The highest BCUT2D eigenvalue weighted by molar-refractivity contribution is 5.62. The van der Waals surface area contributed by atoms with E-state index in [0.29, 0.717) is 0 Å². The number of benzene rings is 1. The van der Waals surface area contributed by atoms with Gasteiger partial charge in [0.25, 0.3) is 0 Å². The molecule has 2 aromatic rings. The van der Waals surface area contributed by atoms with Crippen molar-refractivity contribution in [3.63, 3.8) is 0 Å². The van der Waals surface area contributed by atoms with Gasteiger partial charge in [-0.2, -0.15) is 0 Å². The van der Waals surface area contributed by atoms with Crippen molar-refractivity contribution in [3.05, 3.63) is 54.1 Å². The zero-order valence-electron chi connectivity index (χ0n) is 13.0. The Morgan fingerprint density at radius 3 is 2.45 bits per heavy atom. The van der Waals surface area contributed by atoms with E-state index >= 15 is 0 Å². The van der Waals surface area contributed by atoms with E-state index in [2.05, 4.69) is 29.8 Å². The lowest BCUT2D eigenvalue weighted by Gasteiger charge is -2.35. The quantitative estimate of drug-likeness (QED) is 0.867. The number of morpholine rings is 1. The van der Waals surface area contributed by atoms with Crippen molar-refractivity contribution in [2.24, 2.45) is 0 Å². The van der Waals surface area contributed by atoms with Crippen LogP contribution in [0.1, 0.15) is 19.4 Å². The van der Waals surface area contributed by atoms with Gasteiger partial charge in [0, 0.05) is 37.6 Å². The van der Waals surface area contributed by atoms with E-state index < -0.39 is 0 Å². The van der Waals surface area contributed by atoms with Gasteiger partial charge in [-0.15, -0.1) is 0 Å². The van der Waals surface area contributed by atoms with Crippen LogP contribution in [-0.4, -0.2) is 35.2 Å². The molecule has 0 amide bonds. The lowest BCUT2D eigenvalue weighted by molar-refractivity contribution is -0.0705. The van der Waals surface area contributed by atoms with Gasteiger partial charge < -0.3 is 4.74 Å². The minimum absolute atomic E-state index is 0.218. The largest absolute Gasteiger partial charge is 0.373 e. The number of pyridine rings is 1. The highest BCUT2D eigenvalue weighted by Crippen LogP contribution is 2.21. The van der Waals surface area contributed by atoms with E-state index in [9.17, 15) is 4.39 Å². The van der Waals surface area contributed by atoms with Crippen molar-refractivity contribution in [1.29, 1.82) is 0 Å². The molecule has 1 aromatic heterocycles. The Kier molecular flexibility index (Phi) is 4.50. The maximum atomic E-state index is 13.0. The zero-order chi connectivity index (χ0) is 15.5. The maximum Gasteiger partial charge on any atom is 0.123 e. The summed E-state index contributed by atoms with van der Waals surface area (Å²) in [7, 11) is 0. The third-order valence-corrected chi connectivity index (χ3v) is 3.87. The molecule has 1 saturated heterocycles. The number of aromatic nitrogens is 1. The SMILES string of the molecule is CC1CN(Cc2cncc(-c3ccc(F)cc3)c2)CC(C)O1. The van der Waals surface area contributed by atoms with Gasteiger partial charge in [-0.1, -0.05) is 12.1 Å². The molecule has 2 atom stereocenters. The summed E-state index contributed by atoms with van der Waals surface area (Å²) in [6, 6.07) is 8.66. The normalized spacial score (nSPS) is 22.7. The molecule has 22 heavy (non-hydrogen) atoms. The summed E-state index contributed by atoms with van der Waals surface area (Å²) in [5.41, 5.74) is 3.18. The van der Waals surface area contributed by atoms with Gasteiger partial charge >= 0.3 is 0 Å². The molecule has 0 aliphatic carbocycles. The third kappa shape index (κ3) is 3.70. The van der Waals surface area contributed by atoms with Crippen molar-refractivity contribution in [2.75, 3.05) is 13.1 Å². The number of hydrogen-bond acceptors (Lipinski definition) is 3. The molecular weight excluding hydrogens is 279 g/mol. The highest BCUT2D eigenvalue weighted by atomic mass is 19.1. The molecule has 0 N–H and O–H groups in total. The van der Waals surface area contributed by atoms with E-state index in [1.165, 1.54) is 17.7 Å². The summed E-state index contributed by atoms with van der Waals surface area (Å²) in [6.07, 6.45) is 4.24. The van der Waals surface area contributed by atoms with Crippen LogP contribution in [0.4, 0.5) is 4.39 Å². The third-order valence-electron chi connectivity index (χ3n) is 3.87. The minimum atomic E-state index is -0.218. The first-order valence-corrected chi connectivity index (χ1v) is 7.68. The Balaban J connectivity index is 1.75. The number of hydrogen-bond donors (Lipinski definition) is 0. The second-order valence-corrected chi connectivity index (χ2v) is 6.04. The molecule has 1 aliphatic heterocycles. The Hall–Kier alpha value is -1.78. The molecule has 0 bridgehead atoms. The van der Waals surface area contributed by atoms with Crippen LogP contribution in [0.25, 0.3) is 11.1 Å². The van der Waals surface area contributed by atoms with Crippen molar-refractivity contribution < 1.29 is 9.13 Å². The topological polar surface area (TPSA) is 25.4 Å². The van der Waals surface area contributed by atoms with E-state index in [1.54, 1.807) is 12.1 Å². The van der Waals surface area contributed by atoms with Gasteiger partial charge in [0.2, 0.25) is 0 Å². The minimum Gasteiger partial charge on any atom is -0.373 e. The molecule has 116 valence electrons. The van der Waals surface area contributed by atoms with Crippen LogP contribution < -0.4 is 0 Å². The average Bonchev–Trinajstić information content (AvgIpc) is 2.47. The Morgan fingerprint density at radius 1 is 1.09 bits per heavy atom. The summed E-state index contributed by atoms with van der Waals surface area (Å²) in [4.78, 5) is 6.73. The lowest BCUT2D eigenvalue weighted by Crippen LogP contribution is -2.44. The summed E-state index contributed by atoms with van der Waals surface area (Å²) in [5, 5.41) is 0. The van der Waals surface area contributed by atoms with Crippen LogP contribution in [0.15, 0.2) is 42.7 Å². The van der Waals surface area contributed by atoms with Gasteiger partial charge in [0.05, 0.1) is 12.2 Å². The van der Waals surface area contributed by atoms with Crippen molar-refractivity contribution in [2.45, 2.75) is 32.6 Å². The van der Waals surface area contributed by atoms with Crippen LogP contribution in [0.3, 0.4) is 0 Å². The fourth-order valence-corrected chi connectivity index (χ4v) is 3.05. The number of rotatable bonds is 3. The van der Waals surface area contributed by atoms with Crippen molar-refractivity contribution in [3.8, 4) is 11.1 Å². The Morgan fingerprint density at radius 2 is 1.77 bits per heavy atom. The molecule has 1 aliphatic rings. The van der Waals surface area contributed by atoms with Gasteiger partial charge in [0.15, 0.2) is 0 Å². The summed E-state index contributed by atoms with van der Waals surface area (Å²) >= 11 is 0. The van der Waals surface area contributed by atoms with E-state index in [0.717, 1.165) is 30.8 Å². The predicted molar refractivity (Wildman–Crippen MR) is 84.9 cm³/mol. The van der Waals surface area contributed by atoms with Crippen molar-refractivity contribution >= 4 is 0 Å². The molecule has 0 spiro atoms. The van der Waals surface area contributed by atoms with Crippen LogP contribution in [-0.2, 0) is 11.3 Å². The second-order valence-electron chi connectivity index (χ2n) is 6.04. The predicted octanol–water partition coefficient (Wildman–Crippen LogP) is 3.50. The van der Waals surface area contributed by atoms with Gasteiger partial charge in [-0.05, 0) is 43.2 Å². The van der Waals surface area contributed by atoms with E-state index in [-0.39, 0.29) is 18.0 Å². The molecule has 0 saturated carbocycles. The number of ether oxygens (including phenoxy) is 1. The van der Waals surface area contributed by atoms with Gasteiger partial charge in [-0.25, -0.2) is 4.39 Å². The molecule has 3 rings (SSSR count). The fraction of sp³-hybridized carbons (Fsp3) is 0.389. The first-order valence-electron chi connectivity index (χ1n) is 7.68. The summed E-state index contributed by atoms with van der Waals surface area (Å²) < 4.78 is 18.8. The molecule has 1 fully saturated rings. The number of nitrogens with zero attached hydrogens (tertiary/aromatic N) is 2. The molecule has 1 aromatic carbocycles. The summed E-state index contributed by atoms with van der Waals surface area (Å²) in [5.74, 6) is -0.218. The second kappa shape index (κ2) is 6.55. The van der Waals surface area contributed by atoms with Gasteiger partial charge in [-0.3, -0.25) is 9.88 Å². The fourth-order valence-electron chi connectivity index (χ4n) is 3.05. The average molecular weight is 300 g/mol. The molecule has 0 radical (unpaired) electrons. The van der Waals surface area contributed by atoms with Crippen LogP contribution in [0.2, 0.25) is 0 Å². The highest BCUT2D eigenvalue weighted by Gasteiger charge is 2.22. The smallest absolute Gasteiger partial charge is 0.123 e. The molecule has 4 heteroatoms.